The monoisotopic (exact) mass is 214 g/mol. The number of ether oxygens (including phenoxy) is 1. The summed E-state index contributed by atoms with van der Waals surface area (Å²) < 4.78 is 5.58. The Balaban J connectivity index is 2.59. The molecule has 0 radical (unpaired) electrons. The summed E-state index contributed by atoms with van der Waals surface area (Å²) in [6.07, 6.45) is 0.246. The van der Waals surface area contributed by atoms with E-state index in [-0.39, 0.29) is 30.1 Å². The molecule has 0 aromatic rings. The number of nitrogens with zero attached hydrogens (tertiary/aromatic N) is 1. The van der Waals surface area contributed by atoms with Crippen LogP contribution < -0.4 is 5.73 Å². The van der Waals surface area contributed by atoms with Crippen molar-refractivity contribution in [3.8, 4) is 0 Å². The Morgan fingerprint density at radius 1 is 1.33 bits per heavy atom. The molecule has 2 N–H and O–H groups in total. The Morgan fingerprint density at radius 2 is 1.80 bits per heavy atom. The van der Waals surface area contributed by atoms with Crippen molar-refractivity contribution in [1.29, 1.82) is 0 Å². The van der Waals surface area contributed by atoms with E-state index in [1.54, 1.807) is 0 Å². The molecule has 0 aromatic heterocycles. The predicted molar refractivity (Wildman–Crippen MR) is 59.4 cm³/mol. The molecule has 0 aromatic carbocycles. The molecule has 1 fully saturated rings. The van der Waals surface area contributed by atoms with Gasteiger partial charge in [-0.2, -0.15) is 0 Å². The SMILES string of the molecule is CC(N)C(C)C(=O)N1C[C@@H](C)O[C@@H](C)C1. The molecule has 1 rings (SSSR count). The minimum Gasteiger partial charge on any atom is -0.372 e. The van der Waals surface area contributed by atoms with Crippen LogP contribution in [0.2, 0.25) is 0 Å². The van der Waals surface area contributed by atoms with Gasteiger partial charge in [0.25, 0.3) is 0 Å². The van der Waals surface area contributed by atoms with Crippen LogP contribution in [-0.2, 0) is 9.53 Å². The lowest BCUT2D eigenvalue weighted by Gasteiger charge is -2.37. The maximum absolute atomic E-state index is 12.0. The van der Waals surface area contributed by atoms with Crippen molar-refractivity contribution >= 4 is 5.91 Å². The van der Waals surface area contributed by atoms with Gasteiger partial charge in [-0.15, -0.1) is 0 Å². The summed E-state index contributed by atoms with van der Waals surface area (Å²) in [7, 11) is 0. The molecule has 0 bridgehead atoms. The number of carbonyl (C=O) groups is 1. The van der Waals surface area contributed by atoms with E-state index in [4.69, 9.17) is 10.5 Å². The summed E-state index contributed by atoms with van der Waals surface area (Å²) >= 11 is 0. The van der Waals surface area contributed by atoms with Crippen molar-refractivity contribution in [3.05, 3.63) is 0 Å². The molecule has 4 nitrogen and oxygen atoms in total. The molecule has 15 heavy (non-hydrogen) atoms. The summed E-state index contributed by atoms with van der Waals surface area (Å²) in [5, 5.41) is 0. The van der Waals surface area contributed by atoms with E-state index in [2.05, 4.69) is 0 Å². The Morgan fingerprint density at radius 3 is 2.20 bits per heavy atom. The highest BCUT2D eigenvalue weighted by molar-refractivity contribution is 5.79. The largest absolute Gasteiger partial charge is 0.372 e. The van der Waals surface area contributed by atoms with Crippen LogP contribution in [0.1, 0.15) is 27.7 Å². The summed E-state index contributed by atoms with van der Waals surface area (Å²) in [6, 6.07) is -0.0917. The normalized spacial score (nSPS) is 31.1. The van der Waals surface area contributed by atoms with Crippen molar-refractivity contribution in [2.75, 3.05) is 13.1 Å². The molecule has 2 unspecified atom stereocenters. The van der Waals surface area contributed by atoms with Gasteiger partial charge in [-0.1, -0.05) is 6.92 Å². The standard InChI is InChI=1S/C11H22N2O2/c1-7-5-13(6-8(2)15-7)11(14)9(3)10(4)12/h7-10H,5-6,12H2,1-4H3/t7-,8+,9?,10?. The molecular formula is C11H22N2O2. The van der Waals surface area contributed by atoms with Crippen molar-refractivity contribution < 1.29 is 9.53 Å². The summed E-state index contributed by atoms with van der Waals surface area (Å²) in [6.45, 7) is 9.10. The lowest BCUT2D eigenvalue weighted by molar-refractivity contribution is -0.147. The minimum absolute atomic E-state index is 0.0917. The molecule has 1 aliphatic heterocycles. The maximum Gasteiger partial charge on any atom is 0.227 e. The van der Waals surface area contributed by atoms with Crippen molar-refractivity contribution in [2.45, 2.75) is 45.9 Å². The molecule has 0 aliphatic carbocycles. The first-order chi connectivity index (χ1) is 6.91. The Labute approximate surface area is 91.8 Å². The zero-order chi connectivity index (χ0) is 11.6. The lowest BCUT2D eigenvalue weighted by Crippen LogP contribution is -2.51. The average Bonchev–Trinajstić information content (AvgIpc) is 2.13. The van der Waals surface area contributed by atoms with Gasteiger partial charge in [0.15, 0.2) is 0 Å². The highest BCUT2D eigenvalue weighted by Gasteiger charge is 2.29. The number of hydrogen-bond donors (Lipinski definition) is 1. The van der Waals surface area contributed by atoms with Gasteiger partial charge >= 0.3 is 0 Å². The van der Waals surface area contributed by atoms with Crippen LogP contribution in [0.4, 0.5) is 0 Å². The Bertz CT molecular complexity index is 221. The molecular weight excluding hydrogens is 192 g/mol. The molecule has 4 atom stereocenters. The number of morpholine rings is 1. The molecule has 0 spiro atoms. The van der Waals surface area contributed by atoms with Crippen LogP contribution in [0.3, 0.4) is 0 Å². The van der Waals surface area contributed by atoms with Gasteiger partial charge in [0.1, 0.15) is 0 Å². The molecule has 4 heteroatoms. The topological polar surface area (TPSA) is 55.6 Å². The van der Waals surface area contributed by atoms with Crippen LogP contribution >= 0.6 is 0 Å². The third-order valence-electron chi connectivity index (χ3n) is 2.91. The van der Waals surface area contributed by atoms with Gasteiger partial charge in [-0.3, -0.25) is 4.79 Å². The molecule has 1 saturated heterocycles. The number of rotatable bonds is 2. The van der Waals surface area contributed by atoms with Gasteiger partial charge in [0, 0.05) is 19.1 Å². The van der Waals surface area contributed by atoms with Crippen LogP contribution in [-0.4, -0.2) is 42.1 Å². The van der Waals surface area contributed by atoms with Gasteiger partial charge in [-0.05, 0) is 20.8 Å². The quantitative estimate of drug-likeness (QED) is 0.732. The fourth-order valence-electron chi connectivity index (χ4n) is 1.87. The highest BCUT2D eigenvalue weighted by Crippen LogP contribution is 2.14. The second-order valence-electron chi connectivity index (χ2n) is 4.65. The first-order valence-corrected chi connectivity index (χ1v) is 5.61. The fourth-order valence-corrected chi connectivity index (χ4v) is 1.87. The van der Waals surface area contributed by atoms with Crippen LogP contribution in [0, 0.1) is 5.92 Å². The van der Waals surface area contributed by atoms with E-state index in [1.165, 1.54) is 0 Å². The zero-order valence-electron chi connectivity index (χ0n) is 10.1. The van der Waals surface area contributed by atoms with E-state index >= 15 is 0 Å². The van der Waals surface area contributed by atoms with Crippen molar-refractivity contribution in [2.24, 2.45) is 11.7 Å². The molecule has 1 amide bonds. The third kappa shape index (κ3) is 3.18. The van der Waals surface area contributed by atoms with Gasteiger partial charge in [0.2, 0.25) is 5.91 Å². The highest BCUT2D eigenvalue weighted by atomic mass is 16.5. The number of amides is 1. The van der Waals surface area contributed by atoms with E-state index in [9.17, 15) is 4.79 Å². The van der Waals surface area contributed by atoms with E-state index in [0.717, 1.165) is 0 Å². The smallest absolute Gasteiger partial charge is 0.227 e. The number of nitrogens with two attached hydrogens (primary N) is 1. The third-order valence-corrected chi connectivity index (χ3v) is 2.91. The lowest BCUT2D eigenvalue weighted by atomic mass is 10.0. The van der Waals surface area contributed by atoms with Crippen LogP contribution in [0.25, 0.3) is 0 Å². The summed E-state index contributed by atoms with van der Waals surface area (Å²) in [5.41, 5.74) is 5.73. The number of hydrogen-bond acceptors (Lipinski definition) is 3. The van der Waals surface area contributed by atoms with Crippen molar-refractivity contribution in [3.63, 3.8) is 0 Å². The first-order valence-electron chi connectivity index (χ1n) is 5.61. The van der Waals surface area contributed by atoms with E-state index in [1.807, 2.05) is 32.6 Å². The second kappa shape index (κ2) is 4.94. The summed E-state index contributed by atoms with van der Waals surface area (Å²) in [5.74, 6) is 0.0366. The van der Waals surface area contributed by atoms with Gasteiger partial charge in [-0.25, -0.2) is 0 Å². The van der Waals surface area contributed by atoms with E-state index < -0.39 is 0 Å². The Kier molecular flexibility index (Phi) is 4.11. The molecule has 88 valence electrons. The molecule has 1 heterocycles. The van der Waals surface area contributed by atoms with Gasteiger partial charge in [0.05, 0.1) is 18.1 Å². The Hall–Kier alpha value is -0.610. The van der Waals surface area contributed by atoms with Crippen LogP contribution in [0.15, 0.2) is 0 Å². The predicted octanol–water partition coefficient (Wildman–Crippen LogP) is 0.605. The average molecular weight is 214 g/mol. The fraction of sp³-hybridized carbons (Fsp3) is 0.909. The molecule has 1 aliphatic rings. The van der Waals surface area contributed by atoms with Gasteiger partial charge < -0.3 is 15.4 Å². The number of carbonyl (C=O) groups excluding carboxylic acids is 1. The first kappa shape index (κ1) is 12.5. The maximum atomic E-state index is 12.0. The minimum atomic E-state index is -0.109. The van der Waals surface area contributed by atoms with E-state index in [0.29, 0.717) is 13.1 Å². The second-order valence-corrected chi connectivity index (χ2v) is 4.65. The van der Waals surface area contributed by atoms with Crippen LogP contribution in [0.5, 0.6) is 0 Å². The zero-order valence-corrected chi connectivity index (χ0v) is 10.1. The summed E-state index contributed by atoms with van der Waals surface area (Å²) in [4.78, 5) is 13.9. The van der Waals surface area contributed by atoms with Crippen molar-refractivity contribution in [1.82, 2.24) is 4.90 Å². The molecule has 0 saturated carbocycles.